The van der Waals surface area contributed by atoms with E-state index in [0.29, 0.717) is 0 Å². The summed E-state index contributed by atoms with van der Waals surface area (Å²) in [6.45, 7) is 0. The van der Waals surface area contributed by atoms with Gasteiger partial charge in [0.2, 0.25) is 0 Å². The maximum Gasteiger partial charge on any atom is 3.00 e. The van der Waals surface area contributed by atoms with Crippen molar-refractivity contribution in [2.75, 3.05) is 0 Å². The van der Waals surface area contributed by atoms with Gasteiger partial charge >= 0.3 is 34.7 Å². The van der Waals surface area contributed by atoms with Crippen LogP contribution in [0.3, 0.4) is 0 Å². The van der Waals surface area contributed by atoms with Crippen molar-refractivity contribution in [1.29, 1.82) is 0 Å². The van der Waals surface area contributed by atoms with Gasteiger partial charge < -0.3 is 29.2 Å². The summed E-state index contributed by atoms with van der Waals surface area (Å²) in [6, 6.07) is 0. The second-order valence-electron chi connectivity index (χ2n) is 0.816. The average Bonchev–Trinajstić information content (AvgIpc) is 1.12. The van der Waals surface area contributed by atoms with Crippen molar-refractivity contribution in [1.82, 2.24) is 0 Å². The molecule has 0 bridgehead atoms. The molecule has 0 atom stereocenters. The molecule has 0 aromatic heterocycles. The minimum absolute atomic E-state index is 0. The standard InChI is InChI=1S/2Cr.2H2O4S.2H2O/c;;2*1-5(2,3)4;;/h;;2*(H2,1,2,3,4);2*1H2/q2*+3;;;;/p-6. The second-order valence-corrected chi connectivity index (χ2v) is 2.45. The van der Waals surface area contributed by atoms with Crippen molar-refractivity contribution in [2.24, 2.45) is 0 Å². The smallest absolute Gasteiger partial charge is 0.870 e. The third kappa shape index (κ3) is 3330. The van der Waals surface area contributed by atoms with E-state index in [9.17, 15) is 0 Å². The summed E-state index contributed by atoms with van der Waals surface area (Å²) < 4.78 is 68.2. The molecule has 0 aliphatic heterocycles. The molecule has 0 saturated heterocycles. The predicted octanol–water partition coefficient (Wildman–Crippen LogP) is -3.03. The summed E-state index contributed by atoms with van der Waals surface area (Å²) in [5, 5.41) is 0. The molecule has 14 heavy (non-hydrogen) atoms. The third-order valence-electron chi connectivity index (χ3n) is 0. The molecule has 0 fully saturated rings. The van der Waals surface area contributed by atoms with E-state index in [1.165, 1.54) is 0 Å². The monoisotopic (exact) mass is 330 g/mol. The molecule has 2 N–H and O–H groups in total. The Morgan fingerprint density at radius 1 is 0.571 bits per heavy atom. The Morgan fingerprint density at radius 3 is 0.571 bits per heavy atom. The molecule has 0 saturated carbocycles. The average molecular weight is 330 g/mol. The SMILES string of the molecule is O=S(=O)([O-])[O-].O=S(=O)([O-])[O-].[Cr+3].[Cr+3].[OH-].[OH-]. The molecule has 0 heterocycles. The molecular formula is H2Cr2O10S2. The minimum atomic E-state index is -5.17. The van der Waals surface area contributed by atoms with Gasteiger partial charge in [0.1, 0.15) is 0 Å². The molecule has 10 nitrogen and oxygen atoms in total. The van der Waals surface area contributed by atoms with E-state index in [4.69, 9.17) is 35.0 Å². The van der Waals surface area contributed by atoms with Crippen LogP contribution in [0.2, 0.25) is 0 Å². The fourth-order valence-electron chi connectivity index (χ4n) is 0. The van der Waals surface area contributed by atoms with E-state index < -0.39 is 20.8 Å². The summed E-state index contributed by atoms with van der Waals surface area (Å²) in [6.07, 6.45) is 0. The number of hydrogen-bond acceptors (Lipinski definition) is 10. The van der Waals surface area contributed by atoms with Crippen LogP contribution in [0.25, 0.3) is 0 Å². The van der Waals surface area contributed by atoms with Crippen molar-refractivity contribution in [3.05, 3.63) is 0 Å². The first-order valence-electron chi connectivity index (χ1n) is 1.33. The van der Waals surface area contributed by atoms with E-state index in [1.54, 1.807) is 0 Å². The normalized spacial score (nSPS) is 8.29. The van der Waals surface area contributed by atoms with E-state index in [0.717, 1.165) is 0 Å². The van der Waals surface area contributed by atoms with Gasteiger partial charge in [-0.3, -0.25) is 16.8 Å². The second kappa shape index (κ2) is 13.7. The summed E-state index contributed by atoms with van der Waals surface area (Å²) in [7, 11) is -10.3. The number of hydrogen-bond donors (Lipinski definition) is 0. The summed E-state index contributed by atoms with van der Waals surface area (Å²) in [4.78, 5) is 0. The maximum absolute atomic E-state index is 8.52. The van der Waals surface area contributed by atoms with E-state index >= 15 is 0 Å². The van der Waals surface area contributed by atoms with Gasteiger partial charge in [-0.05, 0) is 0 Å². The Balaban J connectivity index is -0.0000000178. The first kappa shape index (κ1) is 36.4. The van der Waals surface area contributed by atoms with Gasteiger partial charge in [0, 0.05) is 20.8 Å². The van der Waals surface area contributed by atoms with Crippen molar-refractivity contribution >= 4 is 20.8 Å². The summed E-state index contributed by atoms with van der Waals surface area (Å²) in [5.41, 5.74) is 0. The Bertz CT molecular complexity index is 212. The van der Waals surface area contributed by atoms with E-state index in [1.807, 2.05) is 0 Å². The molecule has 0 amide bonds. The molecule has 0 aliphatic carbocycles. The zero-order valence-corrected chi connectivity index (χ0v) is 9.98. The van der Waals surface area contributed by atoms with Crippen LogP contribution >= 0.6 is 0 Å². The van der Waals surface area contributed by atoms with Crippen LogP contribution in [0.1, 0.15) is 0 Å². The van der Waals surface area contributed by atoms with Gasteiger partial charge in [-0.15, -0.1) is 0 Å². The summed E-state index contributed by atoms with van der Waals surface area (Å²) in [5.74, 6) is 0. The first-order valence-corrected chi connectivity index (χ1v) is 4.00. The van der Waals surface area contributed by atoms with Crippen molar-refractivity contribution < 1.29 is 80.7 Å². The molecule has 0 unspecified atom stereocenters. The molecule has 0 aliphatic rings. The van der Waals surface area contributed by atoms with Crippen LogP contribution in [0, 0.1) is 0 Å². The summed E-state index contributed by atoms with van der Waals surface area (Å²) >= 11 is 0. The fraction of sp³-hybridized carbons (Fsp3) is 0. The van der Waals surface area contributed by atoms with Gasteiger partial charge in [-0.25, -0.2) is 0 Å². The predicted molar refractivity (Wildman–Crippen MR) is 24.8 cm³/mol. The van der Waals surface area contributed by atoms with E-state index in [2.05, 4.69) is 0 Å². The minimum Gasteiger partial charge on any atom is -0.870 e. The zero-order chi connectivity index (χ0) is 9.00. The Morgan fingerprint density at radius 2 is 0.571 bits per heavy atom. The first-order chi connectivity index (χ1) is 4.00. The van der Waals surface area contributed by atoms with Crippen LogP contribution in [0.4, 0.5) is 0 Å². The Kier molecular flexibility index (Phi) is 35.7. The maximum atomic E-state index is 8.52. The molecule has 0 aromatic carbocycles. The number of rotatable bonds is 0. The molecule has 0 spiro atoms. The van der Waals surface area contributed by atoms with Crippen LogP contribution in [0.15, 0.2) is 0 Å². The largest absolute Gasteiger partial charge is 3.00 e. The fourth-order valence-corrected chi connectivity index (χ4v) is 0. The molecule has 2 radical (unpaired) electrons. The molecule has 14 heteroatoms. The van der Waals surface area contributed by atoms with Crippen LogP contribution < -0.4 is 0 Å². The zero-order valence-electron chi connectivity index (χ0n) is 5.79. The Hall–Kier alpha value is 0.725. The van der Waals surface area contributed by atoms with Crippen LogP contribution in [-0.4, -0.2) is 46.0 Å². The van der Waals surface area contributed by atoms with Crippen LogP contribution in [0.5, 0.6) is 0 Å². The van der Waals surface area contributed by atoms with Gasteiger partial charge in [0.15, 0.2) is 0 Å². The van der Waals surface area contributed by atoms with Gasteiger partial charge in [-0.1, -0.05) is 0 Å². The molecule has 0 aromatic rings. The topological polar surface area (TPSA) is 221 Å². The van der Waals surface area contributed by atoms with Crippen LogP contribution in [-0.2, 0) is 55.5 Å². The van der Waals surface area contributed by atoms with E-state index in [-0.39, 0.29) is 45.7 Å². The van der Waals surface area contributed by atoms with Crippen molar-refractivity contribution in [3.63, 3.8) is 0 Å². The third-order valence-corrected chi connectivity index (χ3v) is 0. The molecular weight excluding hydrogens is 328 g/mol. The molecule has 86 valence electrons. The Labute approximate surface area is 101 Å². The quantitative estimate of drug-likeness (QED) is 0.322. The van der Waals surface area contributed by atoms with Gasteiger partial charge in [0.05, 0.1) is 0 Å². The van der Waals surface area contributed by atoms with Crippen molar-refractivity contribution in [3.8, 4) is 0 Å². The van der Waals surface area contributed by atoms with Gasteiger partial charge in [0.25, 0.3) is 0 Å². The molecule has 0 rings (SSSR count). The van der Waals surface area contributed by atoms with Crippen molar-refractivity contribution in [2.45, 2.75) is 0 Å². The van der Waals surface area contributed by atoms with Gasteiger partial charge in [-0.2, -0.15) is 0 Å².